The molecule has 1 aliphatic heterocycles. The van der Waals surface area contributed by atoms with Crippen LogP contribution in [0.25, 0.3) is 10.7 Å². The highest BCUT2D eigenvalue weighted by atomic mass is 32.1. The number of ether oxygens (including phenoxy) is 1. The Morgan fingerprint density at radius 2 is 2.40 bits per heavy atom. The van der Waals surface area contributed by atoms with E-state index in [9.17, 15) is 0 Å². The first-order valence-electron chi connectivity index (χ1n) is 4.90. The van der Waals surface area contributed by atoms with E-state index in [0.717, 1.165) is 35.2 Å². The summed E-state index contributed by atoms with van der Waals surface area (Å²) in [6.45, 7) is 0.872. The molecule has 15 heavy (non-hydrogen) atoms. The van der Waals surface area contributed by atoms with Crippen molar-refractivity contribution in [3.63, 3.8) is 0 Å². The van der Waals surface area contributed by atoms with Crippen LogP contribution in [0, 0.1) is 0 Å². The van der Waals surface area contributed by atoms with Crippen LogP contribution in [0.4, 0.5) is 0 Å². The third-order valence-corrected chi connectivity index (χ3v) is 4.11. The van der Waals surface area contributed by atoms with E-state index in [1.54, 1.807) is 22.7 Å². The topological polar surface area (TPSA) is 35.0 Å². The fourth-order valence-electron chi connectivity index (χ4n) is 1.66. The zero-order valence-electron chi connectivity index (χ0n) is 8.05. The van der Waals surface area contributed by atoms with Crippen molar-refractivity contribution in [2.75, 3.05) is 6.61 Å². The molecule has 0 aliphatic carbocycles. The van der Waals surface area contributed by atoms with E-state index in [-0.39, 0.29) is 6.10 Å². The van der Waals surface area contributed by atoms with Crippen molar-refractivity contribution in [2.45, 2.75) is 18.9 Å². The van der Waals surface area contributed by atoms with Gasteiger partial charge in [-0.2, -0.15) is 0 Å². The van der Waals surface area contributed by atoms with E-state index < -0.39 is 0 Å². The molecule has 0 unspecified atom stereocenters. The monoisotopic (exact) mass is 238 g/mol. The van der Waals surface area contributed by atoms with Crippen LogP contribution in [-0.4, -0.2) is 16.6 Å². The van der Waals surface area contributed by atoms with Gasteiger partial charge in [-0.3, -0.25) is 0 Å². The maximum atomic E-state index is 5.60. The highest BCUT2D eigenvalue weighted by Gasteiger charge is 2.21. The third kappa shape index (κ3) is 1.82. The second kappa shape index (κ2) is 4.00. The Kier molecular flexibility index (Phi) is 2.52. The SMILES string of the molecule is c1csc(-c2csc([C@@H]3CCCO3)n2)n1. The molecule has 1 atom stereocenters. The van der Waals surface area contributed by atoms with Crippen molar-refractivity contribution in [3.8, 4) is 10.7 Å². The third-order valence-electron chi connectivity index (χ3n) is 2.38. The fraction of sp³-hybridized carbons (Fsp3) is 0.400. The molecular formula is C10H10N2OS2. The second-order valence-corrected chi connectivity index (χ2v) is 5.19. The van der Waals surface area contributed by atoms with Gasteiger partial charge in [-0.1, -0.05) is 0 Å². The maximum Gasteiger partial charge on any atom is 0.142 e. The molecule has 0 bridgehead atoms. The van der Waals surface area contributed by atoms with Crippen LogP contribution in [0.3, 0.4) is 0 Å². The van der Waals surface area contributed by atoms with Gasteiger partial charge in [-0.25, -0.2) is 9.97 Å². The lowest BCUT2D eigenvalue weighted by Gasteiger charge is -2.03. The largest absolute Gasteiger partial charge is 0.371 e. The first kappa shape index (κ1) is 9.45. The van der Waals surface area contributed by atoms with Gasteiger partial charge in [-0.15, -0.1) is 22.7 Å². The summed E-state index contributed by atoms with van der Waals surface area (Å²) < 4.78 is 5.60. The smallest absolute Gasteiger partial charge is 0.142 e. The van der Waals surface area contributed by atoms with Crippen LogP contribution in [0.15, 0.2) is 17.0 Å². The van der Waals surface area contributed by atoms with E-state index in [1.165, 1.54) is 0 Å². The highest BCUT2D eigenvalue weighted by Crippen LogP contribution is 2.33. The predicted octanol–water partition coefficient (Wildman–Crippen LogP) is 3.12. The van der Waals surface area contributed by atoms with Gasteiger partial charge in [0.05, 0.1) is 0 Å². The highest BCUT2D eigenvalue weighted by molar-refractivity contribution is 7.14. The zero-order chi connectivity index (χ0) is 10.1. The van der Waals surface area contributed by atoms with Crippen LogP contribution >= 0.6 is 22.7 Å². The molecule has 5 heteroatoms. The van der Waals surface area contributed by atoms with Gasteiger partial charge in [0.25, 0.3) is 0 Å². The molecule has 0 saturated carbocycles. The molecule has 0 spiro atoms. The summed E-state index contributed by atoms with van der Waals surface area (Å²) in [6, 6.07) is 0. The predicted molar refractivity (Wildman–Crippen MR) is 61.1 cm³/mol. The molecule has 1 fully saturated rings. The van der Waals surface area contributed by atoms with E-state index in [0.29, 0.717) is 0 Å². The summed E-state index contributed by atoms with van der Waals surface area (Å²) in [5.41, 5.74) is 0.987. The molecule has 3 nitrogen and oxygen atoms in total. The number of aromatic nitrogens is 2. The van der Waals surface area contributed by atoms with Crippen LogP contribution in [0.2, 0.25) is 0 Å². The van der Waals surface area contributed by atoms with Crippen LogP contribution in [0.5, 0.6) is 0 Å². The van der Waals surface area contributed by atoms with Crippen molar-refractivity contribution in [2.24, 2.45) is 0 Å². The fourth-order valence-corrected chi connectivity index (χ4v) is 3.21. The van der Waals surface area contributed by atoms with E-state index in [2.05, 4.69) is 15.3 Å². The van der Waals surface area contributed by atoms with Gasteiger partial charge in [0.1, 0.15) is 21.8 Å². The molecular weight excluding hydrogens is 228 g/mol. The van der Waals surface area contributed by atoms with Gasteiger partial charge in [-0.05, 0) is 12.8 Å². The number of hydrogen-bond acceptors (Lipinski definition) is 5. The van der Waals surface area contributed by atoms with Crippen molar-refractivity contribution in [1.29, 1.82) is 0 Å². The molecule has 0 amide bonds. The molecule has 2 aromatic heterocycles. The average molecular weight is 238 g/mol. The minimum atomic E-state index is 0.226. The molecule has 0 aromatic carbocycles. The van der Waals surface area contributed by atoms with Gasteiger partial charge in [0, 0.05) is 23.6 Å². The molecule has 3 heterocycles. The summed E-state index contributed by atoms with van der Waals surface area (Å²) in [5, 5.41) is 6.13. The molecule has 0 radical (unpaired) electrons. The quantitative estimate of drug-likeness (QED) is 0.806. The normalized spacial score (nSPS) is 20.9. The molecule has 2 aromatic rings. The van der Waals surface area contributed by atoms with Crippen molar-refractivity contribution in [3.05, 3.63) is 22.0 Å². The zero-order valence-corrected chi connectivity index (χ0v) is 9.68. The summed E-state index contributed by atoms with van der Waals surface area (Å²) in [5.74, 6) is 0. The van der Waals surface area contributed by atoms with Crippen molar-refractivity contribution in [1.82, 2.24) is 9.97 Å². The summed E-state index contributed by atoms with van der Waals surface area (Å²) >= 11 is 3.30. The van der Waals surface area contributed by atoms with Gasteiger partial charge in [0.15, 0.2) is 0 Å². The Morgan fingerprint density at radius 3 is 3.13 bits per heavy atom. The standard InChI is InChI=1S/C10H10N2OS2/c1-2-8(13-4-1)10-12-7(6-15-10)9-11-3-5-14-9/h3,5-6,8H,1-2,4H2/t8-/m0/s1. The Labute approximate surface area is 95.8 Å². The second-order valence-electron chi connectivity index (χ2n) is 3.41. The lowest BCUT2D eigenvalue weighted by Crippen LogP contribution is -1.94. The van der Waals surface area contributed by atoms with E-state index in [1.807, 2.05) is 11.6 Å². The Morgan fingerprint density at radius 1 is 1.40 bits per heavy atom. The van der Waals surface area contributed by atoms with E-state index >= 15 is 0 Å². The van der Waals surface area contributed by atoms with E-state index in [4.69, 9.17) is 4.74 Å². The first-order valence-corrected chi connectivity index (χ1v) is 6.66. The first-order chi connectivity index (χ1) is 7.43. The number of nitrogens with zero attached hydrogens (tertiary/aromatic N) is 2. The minimum absolute atomic E-state index is 0.226. The van der Waals surface area contributed by atoms with Crippen molar-refractivity contribution < 1.29 is 4.74 Å². The summed E-state index contributed by atoms with van der Waals surface area (Å²) in [6.07, 6.45) is 4.29. The average Bonchev–Trinajstić information content (AvgIpc) is 3.02. The Hall–Kier alpha value is -0.780. The molecule has 3 rings (SSSR count). The molecule has 1 aliphatic rings. The van der Waals surface area contributed by atoms with Crippen LogP contribution < -0.4 is 0 Å². The Balaban J connectivity index is 1.87. The molecule has 1 saturated heterocycles. The lowest BCUT2D eigenvalue weighted by atomic mass is 10.2. The van der Waals surface area contributed by atoms with Crippen LogP contribution in [-0.2, 0) is 4.74 Å². The summed E-state index contributed by atoms with van der Waals surface area (Å²) in [4.78, 5) is 8.82. The molecule has 0 N–H and O–H groups in total. The Bertz CT molecular complexity index is 432. The number of thiazole rings is 2. The van der Waals surface area contributed by atoms with Gasteiger partial charge in [0.2, 0.25) is 0 Å². The lowest BCUT2D eigenvalue weighted by molar-refractivity contribution is 0.112. The maximum absolute atomic E-state index is 5.60. The summed E-state index contributed by atoms with van der Waals surface area (Å²) in [7, 11) is 0. The minimum Gasteiger partial charge on any atom is -0.371 e. The van der Waals surface area contributed by atoms with Gasteiger partial charge < -0.3 is 4.74 Å². The van der Waals surface area contributed by atoms with Crippen molar-refractivity contribution >= 4 is 22.7 Å². The number of rotatable bonds is 2. The van der Waals surface area contributed by atoms with Crippen LogP contribution in [0.1, 0.15) is 24.0 Å². The number of hydrogen-bond donors (Lipinski definition) is 0. The van der Waals surface area contributed by atoms with Gasteiger partial charge >= 0.3 is 0 Å². The molecule has 78 valence electrons.